The fraction of sp³-hybridized carbons (Fsp3) is 0.0800. The zero-order valence-corrected chi connectivity index (χ0v) is 17.2. The molecule has 0 aromatic heterocycles. The number of halogens is 3. The molecule has 0 fully saturated rings. The van der Waals surface area contributed by atoms with Crippen molar-refractivity contribution in [2.45, 2.75) is 13.3 Å². The highest BCUT2D eigenvalue weighted by Gasteiger charge is 2.26. The average Bonchev–Trinajstić information content (AvgIpc) is 2.96. The summed E-state index contributed by atoms with van der Waals surface area (Å²) in [5.41, 5.74) is 3.38. The highest BCUT2D eigenvalue weighted by Crippen LogP contribution is 2.44. The highest BCUT2D eigenvalue weighted by molar-refractivity contribution is 6.30. The van der Waals surface area contributed by atoms with E-state index in [9.17, 15) is 18.7 Å². The van der Waals surface area contributed by atoms with Gasteiger partial charge in [-0.25, -0.2) is 8.78 Å². The van der Waals surface area contributed by atoms with Gasteiger partial charge in [-0.05, 0) is 89.4 Å². The van der Waals surface area contributed by atoms with E-state index in [2.05, 4.69) is 0 Å². The largest absolute Gasteiger partial charge is 0.481 e. The minimum Gasteiger partial charge on any atom is -0.481 e. The number of carboxylic acids is 1. The fourth-order valence-corrected chi connectivity index (χ4v) is 3.74. The van der Waals surface area contributed by atoms with Gasteiger partial charge in [-0.3, -0.25) is 4.79 Å². The van der Waals surface area contributed by atoms with Crippen LogP contribution in [0.1, 0.15) is 30.0 Å². The van der Waals surface area contributed by atoms with Gasteiger partial charge in [0, 0.05) is 16.7 Å². The van der Waals surface area contributed by atoms with Crippen LogP contribution in [0.2, 0.25) is 5.02 Å². The van der Waals surface area contributed by atoms with Crippen molar-refractivity contribution in [2.75, 3.05) is 0 Å². The monoisotopic (exact) mass is 438 g/mol. The predicted octanol–water partition coefficient (Wildman–Crippen LogP) is 7.21. The van der Waals surface area contributed by atoms with E-state index in [1.807, 2.05) is 0 Å². The molecule has 6 heteroatoms. The Morgan fingerprint density at radius 1 is 1.00 bits per heavy atom. The number of allylic oxidation sites excluding steroid dienone is 2. The molecule has 0 bridgehead atoms. The third-order valence-electron chi connectivity index (χ3n) is 5.10. The van der Waals surface area contributed by atoms with Crippen molar-refractivity contribution in [3.8, 4) is 11.5 Å². The van der Waals surface area contributed by atoms with E-state index < -0.39 is 17.6 Å². The van der Waals surface area contributed by atoms with Crippen molar-refractivity contribution in [1.29, 1.82) is 0 Å². The molecule has 0 radical (unpaired) electrons. The lowest BCUT2D eigenvalue weighted by atomic mass is 10.0. The van der Waals surface area contributed by atoms with Gasteiger partial charge in [0.1, 0.15) is 23.1 Å². The molecule has 0 atom stereocenters. The van der Waals surface area contributed by atoms with Crippen molar-refractivity contribution in [3.63, 3.8) is 0 Å². The fourth-order valence-electron chi connectivity index (χ4n) is 3.62. The first kappa shape index (κ1) is 20.8. The summed E-state index contributed by atoms with van der Waals surface area (Å²) in [7, 11) is 0. The maximum absolute atomic E-state index is 14.8. The minimum absolute atomic E-state index is 0.240. The van der Waals surface area contributed by atoms with Gasteiger partial charge < -0.3 is 9.84 Å². The van der Waals surface area contributed by atoms with E-state index >= 15 is 0 Å². The summed E-state index contributed by atoms with van der Waals surface area (Å²) in [6, 6.07) is 15.4. The molecule has 0 heterocycles. The van der Waals surface area contributed by atoms with Crippen LogP contribution >= 0.6 is 11.6 Å². The summed E-state index contributed by atoms with van der Waals surface area (Å²) in [5.74, 6) is -1.11. The normalized spacial score (nSPS) is 14.1. The minimum atomic E-state index is -1.01. The lowest BCUT2D eigenvalue weighted by Gasteiger charge is -2.08. The van der Waals surface area contributed by atoms with E-state index in [4.69, 9.17) is 16.3 Å². The SMILES string of the molecule is CC1=C(CC(=O)O)c2cc(F)ccc2/C1=C\c1ccc(Oc2ccc(Cl)cc2)cc1F. The van der Waals surface area contributed by atoms with E-state index in [1.54, 1.807) is 55.5 Å². The van der Waals surface area contributed by atoms with Crippen molar-refractivity contribution >= 4 is 34.8 Å². The van der Waals surface area contributed by atoms with Crippen LogP contribution in [-0.2, 0) is 4.79 Å². The molecule has 0 spiro atoms. The second kappa shape index (κ2) is 8.36. The van der Waals surface area contributed by atoms with Crippen LogP contribution < -0.4 is 4.74 Å². The number of ether oxygens (including phenoxy) is 1. The Kier molecular flexibility index (Phi) is 5.61. The molecule has 4 rings (SSSR count). The number of aliphatic carboxylic acids is 1. The Bertz CT molecular complexity index is 1240. The first-order valence-corrected chi connectivity index (χ1v) is 9.86. The number of carbonyl (C=O) groups is 1. The zero-order chi connectivity index (χ0) is 22.1. The summed E-state index contributed by atoms with van der Waals surface area (Å²) < 4.78 is 34.3. The molecule has 156 valence electrons. The first-order chi connectivity index (χ1) is 14.8. The van der Waals surface area contributed by atoms with Gasteiger partial charge in [0.15, 0.2) is 0 Å². The number of hydrogen-bond donors (Lipinski definition) is 1. The van der Waals surface area contributed by atoms with Crippen molar-refractivity contribution in [3.05, 3.63) is 99.6 Å². The molecule has 3 aromatic rings. The van der Waals surface area contributed by atoms with Crippen LogP contribution in [0.25, 0.3) is 17.2 Å². The first-order valence-electron chi connectivity index (χ1n) is 9.48. The van der Waals surface area contributed by atoms with Gasteiger partial charge in [0.25, 0.3) is 0 Å². The van der Waals surface area contributed by atoms with E-state index in [0.29, 0.717) is 49.9 Å². The number of rotatable bonds is 5. The molecule has 0 amide bonds. The van der Waals surface area contributed by atoms with Gasteiger partial charge in [-0.15, -0.1) is 0 Å². The lowest BCUT2D eigenvalue weighted by Crippen LogP contribution is -1.97. The van der Waals surface area contributed by atoms with Gasteiger partial charge >= 0.3 is 5.97 Å². The molecule has 1 N–H and O–H groups in total. The molecule has 3 aromatic carbocycles. The zero-order valence-electron chi connectivity index (χ0n) is 16.5. The molecule has 31 heavy (non-hydrogen) atoms. The van der Waals surface area contributed by atoms with Crippen molar-refractivity contribution < 1.29 is 23.4 Å². The maximum atomic E-state index is 14.8. The third kappa shape index (κ3) is 4.37. The Hall–Kier alpha value is -3.44. The number of hydrogen-bond acceptors (Lipinski definition) is 2. The summed E-state index contributed by atoms with van der Waals surface area (Å²) >= 11 is 5.86. The van der Waals surface area contributed by atoms with Crippen LogP contribution in [0, 0.1) is 11.6 Å². The summed E-state index contributed by atoms with van der Waals surface area (Å²) in [6.07, 6.45) is 1.40. The molecule has 1 aliphatic carbocycles. The molecule has 0 saturated carbocycles. The molecular formula is C25H17ClF2O3. The van der Waals surface area contributed by atoms with Crippen LogP contribution in [0.15, 0.2) is 66.2 Å². The number of carboxylic acid groups (broad SMARTS) is 1. The quantitative estimate of drug-likeness (QED) is 0.457. The van der Waals surface area contributed by atoms with Gasteiger partial charge in [-0.2, -0.15) is 0 Å². The van der Waals surface area contributed by atoms with Crippen LogP contribution in [0.3, 0.4) is 0 Å². The van der Waals surface area contributed by atoms with Crippen molar-refractivity contribution in [1.82, 2.24) is 0 Å². The highest BCUT2D eigenvalue weighted by atomic mass is 35.5. The smallest absolute Gasteiger partial charge is 0.307 e. The second-order valence-electron chi connectivity index (χ2n) is 7.16. The molecular weight excluding hydrogens is 422 g/mol. The molecule has 0 aliphatic heterocycles. The maximum Gasteiger partial charge on any atom is 0.307 e. The van der Waals surface area contributed by atoms with Crippen LogP contribution in [0.4, 0.5) is 8.78 Å². The predicted molar refractivity (Wildman–Crippen MR) is 117 cm³/mol. The Morgan fingerprint density at radius 2 is 1.71 bits per heavy atom. The van der Waals surface area contributed by atoms with Crippen molar-refractivity contribution in [2.24, 2.45) is 0 Å². The third-order valence-corrected chi connectivity index (χ3v) is 5.35. The van der Waals surface area contributed by atoms with Gasteiger partial charge in [0.2, 0.25) is 0 Å². The number of benzene rings is 3. The second-order valence-corrected chi connectivity index (χ2v) is 7.60. The lowest BCUT2D eigenvalue weighted by molar-refractivity contribution is -0.135. The molecule has 3 nitrogen and oxygen atoms in total. The Morgan fingerprint density at radius 3 is 2.39 bits per heavy atom. The van der Waals surface area contributed by atoms with Crippen LogP contribution in [0.5, 0.6) is 11.5 Å². The van der Waals surface area contributed by atoms with E-state index in [1.165, 1.54) is 18.2 Å². The van der Waals surface area contributed by atoms with E-state index in [-0.39, 0.29) is 6.42 Å². The standard InChI is InChI=1S/C25H17ClF2O3/c1-14-21(20-9-5-17(27)11-23(20)22(14)13-25(29)30)10-15-2-6-19(12-24(15)28)31-18-7-3-16(26)4-8-18/h2-12H,13H2,1H3,(H,29,30)/b21-10-. The summed E-state index contributed by atoms with van der Waals surface area (Å²) in [5, 5.41) is 9.82. The topological polar surface area (TPSA) is 46.5 Å². The van der Waals surface area contributed by atoms with Gasteiger partial charge in [-0.1, -0.05) is 17.7 Å². The molecule has 0 unspecified atom stereocenters. The number of fused-ring (bicyclic) bond motifs is 1. The Labute approximate surface area is 182 Å². The van der Waals surface area contributed by atoms with Crippen LogP contribution in [-0.4, -0.2) is 11.1 Å². The Balaban J connectivity index is 1.70. The molecule has 0 saturated heterocycles. The molecule has 1 aliphatic rings. The van der Waals surface area contributed by atoms with E-state index in [0.717, 1.165) is 0 Å². The average molecular weight is 439 g/mol. The summed E-state index contributed by atoms with van der Waals surface area (Å²) in [6.45, 7) is 1.76. The van der Waals surface area contributed by atoms with Gasteiger partial charge in [0.05, 0.1) is 6.42 Å². The summed E-state index contributed by atoms with van der Waals surface area (Å²) in [4.78, 5) is 11.3.